The van der Waals surface area contributed by atoms with Gasteiger partial charge in [0.05, 0.1) is 23.2 Å². The fourth-order valence-corrected chi connectivity index (χ4v) is 8.94. The van der Waals surface area contributed by atoms with Crippen LogP contribution in [0.5, 0.6) is 5.75 Å². The number of likely N-dealkylation sites (tertiary alicyclic amines) is 1. The van der Waals surface area contributed by atoms with Crippen molar-refractivity contribution < 1.29 is 18.7 Å². The average molecular weight is 713 g/mol. The van der Waals surface area contributed by atoms with Gasteiger partial charge in [-0.25, -0.2) is 4.39 Å². The summed E-state index contributed by atoms with van der Waals surface area (Å²) in [5.41, 5.74) is 4.74. The first kappa shape index (κ1) is 32.7. The van der Waals surface area contributed by atoms with Crippen molar-refractivity contribution in [3.8, 4) is 5.75 Å². The van der Waals surface area contributed by atoms with E-state index in [0.29, 0.717) is 53.3 Å². The molecule has 256 valence electrons. The molecule has 1 N–H and O–H groups in total. The van der Waals surface area contributed by atoms with Crippen LogP contribution >= 0.6 is 23.2 Å². The Balaban J connectivity index is 1.37. The van der Waals surface area contributed by atoms with Crippen molar-refractivity contribution in [1.29, 1.82) is 0 Å². The first-order valence-electron chi connectivity index (χ1n) is 16.8. The molecule has 5 aromatic rings. The molecule has 0 aliphatic carbocycles. The van der Waals surface area contributed by atoms with E-state index in [1.165, 1.54) is 6.07 Å². The summed E-state index contributed by atoms with van der Waals surface area (Å²) in [4.78, 5) is 31.8. The van der Waals surface area contributed by atoms with Gasteiger partial charge in [-0.2, -0.15) is 5.10 Å². The molecule has 0 radical (unpaired) electrons. The Morgan fingerprint density at radius 1 is 1.10 bits per heavy atom. The number of fused-ring (bicyclic) bond motifs is 6. The monoisotopic (exact) mass is 711 g/mol. The number of aromatic nitrogens is 2. The molecule has 8 rings (SSSR count). The number of hydrogen-bond acceptors (Lipinski definition) is 5. The number of benzene rings is 4. The van der Waals surface area contributed by atoms with Crippen molar-refractivity contribution in [2.45, 2.75) is 56.8 Å². The zero-order chi connectivity index (χ0) is 35.1. The largest absolute Gasteiger partial charge is 0.494 e. The van der Waals surface area contributed by atoms with Gasteiger partial charge >= 0.3 is 0 Å². The maximum Gasteiger partial charge on any atom is 0.253 e. The molecule has 11 heteroatoms. The van der Waals surface area contributed by atoms with Crippen LogP contribution < -0.4 is 10.1 Å². The van der Waals surface area contributed by atoms with Crippen molar-refractivity contribution in [1.82, 2.24) is 19.6 Å². The second-order valence-electron chi connectivity index (χ2n) is 13.7. The molecule has 4 aromatic carbocycles. The Labute approximate surface area is 299 Å². The predicted molar refractivity (Wildman–Crippen MR) is 193 cm³/mol. The third-order valence-corrected chi connectivity index (χ3v) is 11.2. The van der Waals surface area contributed by atoms with Crippen molar-refractivity contribution in [2.75, 3.05) is 26.0 Å². The normalized spacial score (nSPS) is 22.4. The maximum absolute atomic E-state index is 16.5. The summed E-state index contributed by atoms with van der Waals surface area (Å²) >= 11 is 12.9. The molecule has 2 amide bonds. The van der Waals surface area contributed by atoms with E-state index >= 15 is 4.39 Å². The molecule has 3 aliphatic rings. The summed E-state index contributed by atoms with van der Waals surface area (Å²) < 4.78 is 24.3. The van der Waals surface area contributed by atoms with Crippen LogP contribution in [0.25, 0.3) is 10.9 Å². The Bertz CT molecular complexity index is 2220. The van der Waals surface area contributed by atoms with Crippen LogP contribution in [0.4, 0.5) is 10.1 Å². The second kappa shape index (κ2) is 12.1. The van der Waals surface area contributed by atoms with Gasteiger partial charge < -0.3 is 15.0 Å². The fraction of sp³-hybridized carbons (Fsp3) is 0.308. The van der Waals surface area contributed by atoms with Crippen molar-refractivity contribution in [3.05, 3.63) is 122 Å². The molecule has 50 heavy (non-hydrogen) atoms. The molecule has 4 heterocycles. The number of hydrogen-bond donors (Lipinski definition) is 1. The van der Waals surface area contributed by atoms with E-state index in [9.17, 15) is 9.59 Å². The quantitative estimate of drug-likeness (QED) is 0.196. The summed E-state index contributed by atoms with van der Waals surface area (Å²) in [7, 11) is 3.46. The molecule has 1 aromatic heterocycles. The molecule has 4 atom stereocenters. The number of nitrogens with zero attached hydrogens (tertiary/aromatic N) is 4. The summed E-state index contributed by atoms with van der Waals surface area (Å²) in [5, 5.41) is 9.77. The third kappa shape index (κ3) is 4.93. The first-order chi connectivity index (χ1) is 24.0. The third-order valence-electron chi connectivity index (χ3n) is 10.7. The molecule has 1 saturated heterocycles. The number of aryl methyl sites for hydroxylation is 1. The van der Waals surface area contributed by atoms with Crippen LogP contribution in [0.2, 0.25) is 10.0 Å². The molecule has 0 unspecified atom stereocenters. The minimum Gasteiger partial charge on any atom is -0.494 e. The highest BCUT2D eigenvalue weighted by Crippen LogP contribution is 2.60. The molecular weight excluding hydrogens is 676 g/mol. The van der Waals surface area contributed by atoms with E-state index in [2.05, 4.69) is 10.2 Å². The zero-order valence-corrected chi connectivity index (χ0v) is 29.6. The van der Waals surface area contributed by atoms with Gasteiger partial charge in [-0.15, -0.1) is 0 Å². The number of carbonyl (C=O) groups is 2. The summed E-state index contributed by atoms with van der Waals surface area (Å²) in [6.45, 7) is 4.80. The van der Waals surface area contributed by atoms with Gasteiger partial charge in [0, 0.05) is 72.8 Å². The lowest BCUT2D eigenvalue weighted by Gasteiger charge is -2.46. The van der Waals surface area contributed by atoms with E-state index in [0.717, 1.165) is 33.5 Å². The van der Waals surface area contributed by atoms with Crippen LogP contribution in [0.3, 0.4) is 0 Å². The molecule has 8 nitrogen and oxygen atoms in total. The van der Waals surface area contributed by atoms with Gasteiger partial charge in [0.15, 0.2) is 0 Å². The molecule has 3 aliphatic heterocycles. The standard InChI is InChI=1S/C39H36Cl2FN5O3/c1-5-50-25-9-6-8-22(15-25)20-46-33-18-32-28-14-21(2)27(37(48)45(3)4)17-31(28)44-47(32)36(33)34(26-10-7-11-29(41)35(26)42)39(46)19-23-12-13-24(40)16-30(23)43-38(39)49/h6-17,33-34,36H,5,18-20H2,1-4H3,(H,43,49)/t33-,34-,36+,39+/m0/s1. The minimum absolute atomic E-state index is 0.00761. The lowest BCUT2D eigenvalue weighted by molar-refractivity contribution is -0.129. The lowest BCUT2D eigenvalue weighted by atomic mass is 9.71. The fourth-order valence-electron chi connectivity index (χ4n) is 8.59. The first-order valence-corrected chi connectivity index (χ1v) is 17.5. The van der Waals surface area contributed by atoms with Crippen LogP contribution in [0.1, 0.15) is 57.2 Å². The smallest absolute Gasteiger partial charge is 0.253 e. The van der Waals surface area contributed by atoms with E-state index in [-0.39, 0.29) is 22.9 Å². The number of rotatable bonds is 6. The second-order valence-corrected chi connectivity index (χ2v) is 14.6. The average Bonchev–Trinajstić information content (AvgIpc) is 3.69. The number of halogens is 3. The molecular formula is C39H36Cl2FN5O3. The van der Waals surface area contributed by atoms with Crippen molar-refractivity contribution in [2.24, 2.45) is 0 Å². The molecule has 0 saturated carbocycles. The van der Waals surface area contributed by atoms with Gasteiger partial charge in [-0.3, -0.25) is 19.2 Å². The van der Waals surface area contributed by atoms with Crippen LogP contribution in [-0.2, 0) is 24.2 Å². The molecule has 1 fully saturated rings. The van der Waals surface area contributed by atoms with E-state index in [1.54, 1.807) is 37.2 Å². The van der Waals surface area contributed by atoms with Crippen LogP contribution in [-0.4, -0.2) is 63.7 Å². The highest BCUT2D eigenvalue weighted by atomic mass is 35.5. The highest BCUT2D eigenvalue weighted by Gasteiger charge is 2.67. The van der Waals surface area contributed by atoms with Crippen molar-refractivity contribution in [3.63, 3.8) is 0 Å². The van der Waals surface area contributed by atoms with Crippen molar-refractivity contribution >= 4 is 51.6 Å². The van der Waals surface area contributed by atoms with Gasteiger partial charge in [0.1, 0.15) is 17.1 Å². The molecule has 0 bridgehead atoms. The Kier molecular flexibility index (Phi) is 7.93. The number of anilines is 1. The Hall–Kier alpha value is -4.44. The van der Waals surface area contributed by atoms with E-state index < -0.39 is 23.3 Å². The Morgan fingerprint density at radius 2 is 1.90 bits per heavy atom. The number of ether oxygens (including phenoxy) is 1. The van der Waals surface area contributed by atoms with Gasteiger partial charge in [0.2, 0.25) is 5.91 Å². The predicted octanol–water partition coefficient (Wildman–Crippen LogP) is 7.59. The summed E-state index contributed by atoms with van der Waals surface area (Å²) in [6, 6.07) is 21.6. The topological polar surface area (TPSA) is 79.7 Å². The number of nitrogens with one attached hydrogen (secondary N) is 1. The van der Waals surface area contributed by atoms with Gasteiger partial charge in [0.25, 0.3) is 5.91 Å². The summed E-state index contributed by atoms with van der Waals surface area (Å²) in [6.07, 6.45) is 0.880. The zero-order valence-electron chi connectivity index (χ0n) is 28.1. The van der Waals surface area contributed by atoms with Crippen LogP contribution in [0.15, 0.2) is 72.8 Å². The maximum atomic E-state index is 16.5. The Morgan fingerprint density at radius 3 is 2.68 bits per heavy atom. The number of carbonyl (C=O) groups excluding carboxylic acids is 2. The lowest BCUT2D eigenvalue weighted by Crippen LogP contribution is -2.61. The van der Waals surface area contributed by atoms with Crippen LogP contribution in [0, 0.1) is 12.7 Å². The van der Waals surface area contributed by atoms with Gasteiger partial charge in [-0.05, 0) is 78.6 Å². The molecule has 1 spiro atoms. The minimum atomic E-state index is -1.24. The van der Waals surface area contributed by atoms with E-state index in [1.807, 2.05) is 67.1 Å². The van der Waals surface area contributed by atoms with E-state index in [4.69, 9.17) is 33.0 Å². The highest BCUT2D eigenvalue weighted by molar-refractivity contribution is 6.31. The number of amides is 2. The summed E-state index contributed by atoms with van der Waals surface area (Å²) in [5.74, 6) is -0.840. The van der Waals surface area contributed by atoms with Gasteiger partial charge in [-0.1, -0.05) is 53.5 Å². The SMILES string of the molecule is CCOc1cccc(CN2[C@H]3Cc4c5cc(C)c(C(=O)N(C)C)cc5nn4[C@H]3[C@H](c3cccc(Cl)c3F)[C@@]23Cc2ccc(Cl)cc2NC3=O)c1.